The second-order valence-corrected chi connectivity index (χ2v) is 8.29. The quantitative estimate of drug-likeness (QED) is 0.510. The molecular formula is C19H22ClNO5. The van der Waals surface area contributed by atoms with Crippen LogP contribution in [0, 0.1) is 5.41 Å². The second kappa shape index (κ2) is 5.60. The molecule has 0 saturated carbocycles. The number of nitrogens with zero attached hydrogens (tertiary/aromatic N) is 1. The summed E-state index contributed by atoms with van der Waals surface area (Å²) in [6, 6.07) is 5.00. The van der Waals surface area contributed by atoms with E-state index in [0.717, 1.165) is 11.3 Å². The van der Waals surface area contributed by atoms with Crippen LogP contribution in [-0.4, -0.2) is 42.5 Å². The lowest BCUT2D eigenvalue weighted by Gasteiger charge is -2.55. The van der Waals surface area contributed by atoms with Gasteiger partial charge in [-0.25, -0.2) is 0 Å². The van der Waals surface area contributed by atoms with Crippen molar-refractivity contribution in [1.82, 2.24) is 0 Å². The molecule has 4 rings (SSSR count). The number of esters is 2. The molecule has 1 spiro atoms. The molecule has 3 atom stereocenters. The SMILES string of the molecule is C[C@@H]1CN2c3cc(Cl)ccc3CC3(C(=O)OC(C)(C)OC3=O)[C@H]2[C@H](C)O1. The van der Waals surface area contributed by atoms with Crippen molar-refractivity contribution in [2.75, 3.05) is 11.4 Å². The lowest BCUT2D eigenvalue weighted by atomic mass is 9.68. The number of cyclic esters (lactones) is 2. The molecule has 3 heterocycles. The molecule has 3 aliphatic heterocycles. The highest BCUT2D eigenvalue weighted by atomic mass is 35.5. The Morgan fingerprint density at radius 2 is 1.81 bits per heavy atom. The summed E-state index contributed by atoms with van der Waals surface area (Å²) in [5.41, 5.74) is 0.358. The van der Waals surface area contributed by atoms with Crippen molar-refractivity contribution in [3.63, 3.8) is 0 Å². The molecular weight excluding hydrogens is 358 g/mol. The number of rotatable bonds is 0. The van der Waals surface area contributed by atoms with Gasteiger partial charge in [0.15, 0.2) is 5.41 Å². The number of halogens is 1. The molecule has 0 aliphatic carbocycles. The molecule has 0 N–H and O–H groups in total. The Hall–Kier alpha value is -1.79. The van der Waals surface area contributed by atoms with Crippen molar-refractivity contribution in [2.24, 2.45) is 5.41 Å². The average molecular weight is 380 g/mol. The van der Waals surface area contributed by atoms with Crippen molar-refractivity contribution in [3.05, 3.63) is 28.8 Å². The molecule has 26 heavy (non-hydrogen) atoms. The Labute approximate surface area is 157 Å². The smallest absolute Gasteiger partial charge is 0.329 e. The molecule has 0 radical (unpaired) electrons. The zero-order chi connectivity index (χ0) is 18.9. The lowest BCUT2D eigenvalue weighted by molar-refractivity contribution is -0.256. The van der Waals surface area contributed by atoms with Crippen molar-refractivity contribution < 1.29 is 23.8 Å². The number of benzene rings is 1. The van der Waals surface area contributed by atoms with Crippen molar-refractivity contribution in [1.29, 1.82) is 0 Å². The molecule has 2 fully saturated rings. The first-order valence-corrected chi connectivity index (χ1v) is 9.19. The van der Waals surface area contributed by atoms with Crippen LogP contribution in [0.1, 0.15) is 33.3 Å². The molecule has 0 amide bonds. The maximum Gasteiger partial charge on any atom is 0.329 e. The minimum atomic E-state index is -1.45. The number of carbonyl (C=O) groups excluding carboxylic acids is 2. The predicted octanol–water partition coefficient (Wildman–Crippen LogP) is 2.70. The Morgan fingerprint density at radius 1 is 1.15 bits per heavy atom. The van der Waals surface area contributed by atoms with Crippen LogP contribution in [-0.2, 0) is 30.2 Å². The van der Waals surface area contributed by atoms with Crippen molar-refractivity contribution >= 4 is 29.2 Å². The average Bonchev–Trinajstić information content (AvgIpc) is 2.51. The van der Waals surface area contributed by atoms with E-state index in [9.17, 15) is 9.59 Å². The standard InChI is InChI=1S/C19H22ClNO5/c1-10-9-21-14-7-13(20)6-5-12(14)8-19(15(21)11(2)24-10)16(22)25-18(3,4)26-17(19)23/h5-7,10-11,15H,8-9H2,1-4H3/t10-,11+,15-/m1/s1. The normalized spacial score (nSPS) is 31.7. The van der Waals surface area contributed by atoms with Gasteiger partial charge in [-0.3, -0.25) is 9.59 Å². The monoisotopic (exact) mass is 379 g/mol. The third-order valence-corrected chi connectivity index (χ3v) is 5.65. The van der Waals surface area contributed by atoms with E-state index in [1.54, 1.807) is 19.9 Å². The molecule has 3 aliphatic rings. The van der Waals surface area contributed by atoms with Crippen molar-refractivity contribution in [3.8, 4) is 0 Å². The Morgan fingerprint density at radius 3 is 2.46 bits per heavy atom. The van der Waals surface area contributed by atoms with Gasteiger partial charge in [-0.2, -0.15) is 0 Å². The molecule has 0 aromatic heterocycles. The fourth-order valence-corrected chi connectivity index (χ4v) is 4.69. The number of fused-ring (bicyclic) bond motifs is 4. The van der Waals surface area contributed by atoms with Crippen LogP contribution in [0.4, 0.5) is 5.69 Å². The third kappa shape index (κ3) is 2.42. The van der Waals surface area contributed by atoms with E-state index in [2.05, 4.69) is 4.90 Å². The molecule has 7 heteroatoms. The Bertz CT molecular complexity index is 772. The topological polar surface area (TPSA) is 65.1 Å². The van der Waals surface area contributed by atoms with Gasteiger partial charge in [0, 0.05) is 37.5 Å². The van der Waals surface area contributed by atoms with Gasteiger partial charge >= 0.3 is 11.9 Å². The fraction of sp³-hybridized carbons (Fsp3) is 0.579. The van der Waals surface area contributed by atoms with E-state index in [0.29, 0.717) is 11.6 Å². The van der Waals surface area contributed by atoms with E-state index < -0.39 is 29.2 Å². The molecule has 140 valence electrons. The van der Waals surface area contributed by atoms with Crippen LogP contribution >= 0.6 is 11.6 Å². The van der Waals surface area contributed by atoms with Crippen LogP contribution in [0.3, 0.4) is 0 Å². The molecule has 1 aromatic carbocycles. The van der Waals surface area contributed by atoms with Crippen LogP contribution in [0.5, 0.6) is 0 Å². The second-order valence-electron chi connectivity index (χ2n) is 7.85. The minimum absolute atomic E-state index is 0.0460. The Balaban J connectivity index is 1.90. The summed E-state index contributed by atoms with van der Waals surface area (Å²) in [5.74, 6) is -2.38. The summed E-state index contributed by atoms with van der Waals surface area (Å²) in [4.78, 5) is 28.3. The van der Waals surface area contributed by atoms with Gasteiger partial charge in [0.2, 0.25) is 0 Å². The van der Waals surface area contributed by atoms with E-state index in [-0.39, 0.29) is 18.6 Å². The Kier molecular flexibility index (Phi) is 3.80. The first-order valence-electron chi connectivity index (χ1n) is 8.81. The zero-order valence-corrected chi connectivity index (χ0v) is 16.0. The number of anilines is 1. The fourth-order valence-electron chi connectivity index (χ4n) is 4.52. The van der Waals surface area contributed by atoms with Crippen LogP contribution in [0.2, 0.25) is 5.02 Å². The third-order valence-electron chi connectivity index (χ3n) is 5.42. The van der Waals surface area contributed by atoms with Gasteiger partial charge in [-0.05, 0) is 31.5 Å². The molecule has 1 aromatic rings. The zero-order valence-electron chi connectivity index (χ0n) is 15.2. The number of ether oxygens (including phenoxy) is 3. The highest BCUT2D eigenvalue weighted by molar-refractivity contribution is 6.30. The number of hydrogen-bond acceptors (Lipinski definition) is 6. The molecule has 2 saturated heterocycles. The summed E-state index contributed by atoms with van der Waals surface area (Å²) in [5, 5.41) is 0.611. The summed E-state index contributed by atoms with van der Waals surface area (Å²) < 4.78 is 17.0. The van der Waals surface area contributed by atoms with E-state index in [4.69, 9.17) is 25.8 Å². The van der Waals surface area contributed by atoms with Gasteiger partial charge in [0.1, 0.15) is 0 Å². The largest absolute Gasteiger partial charge is 0.422 e. The van der Waals surface area contributed by atoms with Crippen LogP contribution < -0.4 is 4.90 Å². The minimum Gasteiger partial charge on any atom is -0.422 e. The number of hydrogen-bond donors (Lipinski definition) is 0. The molecule has 0 unspecified atom stereocenters. The summed E-state index contributed by atoms with van der Waals surface area (Å²) in [6.45, 7) is 7.53. The lowest BCUT2D eigenvalue weighted by Crippen LogP contribution is -2.71. The summed E-state index contributed by atoms with van der Waals surface area (Å²) in [6.07, 6.45) is -0.196. The summed E-state index contributed by atoms with van der Waals surface area (Å²) >= 11 is 6.21. The first-order chi connectivity index (χ1) is 12.1. The maximum absolute atomic E-state index is 13.1. The predicted molar refractivity (Wildman–Crippen MR) is 95.0 cm³/mol. The van der Waals surface area contributed by atoms with Gasteiger partial charge in [-0.15, -0.1) is 0 Å². The highest BCUT2D eigenvalue weighted by Gasteiger charge is 2.66. The van der Waals surface area contributed by atoms with E-state index in [1.165, 1.54) is 0 Å². The van der Waals surface area contributed by atoms with Gasteiger partial charge < -0.3 is 19.1 Å². The number of carbonyl (C=O) groups is 2. The van der Waals surface area contributed by atoms with Gasteiger partial charge in [0.25, 0.3) is 5.79 Å². The molecule has 6 nitrogen and oxygen atoms in total. The molecule has 0 bridgehead atoms. The first kappa shape index (κ1) is 17.6. The van der Waals surface area contributed by atoms with Crippen LogP contribution in [0.25, 0.3) is 0 Å². The van der Waals surface area contributed by atoms with Gasteiger partial charge in [0.05, 0.1) is 18.2 Å². The van der Waals surface area contributed by atoms with E-state index in [1.807, 2.05) is 26.0 Å². The van der Waals surface area contributed by atoms with Crippen molar-refractivity contribution in [2.45, 2.75) is 58.2 Å². The maximum atomic E-state index is 13.1. The highest BCUT2D eigenvalue weighted by Crippen LogP contribution is 2.49. The summed E-state index contributed by atoms with van der Waals surface area (Å²) in [7, 11) is 0. The van der Waals surface area contributed by atoms with Gasteiger partial charge in [-0.1, -0.05) is 17.7 Å². The van der Waals surface area contributed by atoms with Crippen LogP contribution in [0.15, 0.2) is 18.2 Å². The number of morpholine rings is 1. The van der Waals surface area contributed by atoms with E-state index >= 15 is 0 Å².